The van der Waals surface area contributed by atoms with Crippen molar-refractivity contribution in [2.24, 2.45) is 0 Å². The third-order valence-electron chi connectivity index (χ3n) is 13.1. The number of nitrogens with one attached hydrogen (secondary N) is 2. The maximum Gasteiger partial charge on any atom is 0.124 e. The van der Waals surface area contributed by atoms with E-state index in [-0.39, 0.29) is 0 Å². The Morgan fingerprint density at radius 2 is 0.706 bits per heavy atom. The van der Waals surface area contributed by atoms with Gasteiger partial charge in [0.05, 0.1) is 42.4 Å². The SMILES string of the molecule is CC1(C)c2nc(c(-c3ccc(S(=O)(=O)[O-])cc3)c3ccc([nH]3)c(-c3ccc(S(=O)(=O)[O-])cc3)c3nc(c(-c4ccc(S(=O)(=O)[O-])cc4)c4[nH]c(c2-c2ccc(S(=O)(=O)[O-])cc2)CC4)C=C3)C1(C)C. The highest BCUT2D eigenvalue weighted by molar-refractivity contribution is 7.86. The number of aryl methyl sites for hydroxylation is 2. The topological polar surface area (TPSA) is 286 Å². The standard InChI is InChI=1S/C48H42N4O12S4/c1-47(2)45-43(29-9-17-33(18-10-29)67(59,60)61)39-25-23-37(50-39)41(27-5-13-31(14-6-27)65(53,54)55)35-21-22-36(49-35)42(28-7-15-32(16-8-28)66(56,57)58)38-24-26-40(51-38)44(46(52-45)48(47,3)4)30-11-19-34(20-12-30)68(62,63)64/h5-23,25,50-51H,24,26H2,1-4H3,(H,53,54,55)(H,56,57,58)(H,59,60,61)(H,62,63,64)/p-4. The molecule has 16 nitrogen and oxygen atoms in total. The van der Waals surface area contributed by atoms with E-state index in [4.69, 9.17) is 9.97 Å². The Balaban J connectivity index is 1.49. The molecule has 0 radical (unpaired) electrons. The molecule has 4 aromatic carbocycles. The van der Waals surface area contributed by atoms with Crippen molar-refractivity contribution in [3.8, 4) is 44.5 Å². The fourth-order valence-electron chi connectivity index (χ4n) is 8.92. The Morgan fingerprint density at radius 1 is 0.397 bits per heavy atom. The van der Waals surface area contributed by atoms with E-state index in [1.807, 2.05) is 27.7 Å². The molecule has 8 bridgehead atoms. The van der Waals surface area contributed by atoms with Crippen LogP contribution in [0.3, 0.4) is 0 Å². The van der Waals surface area contributed by atoms with Crippen LogP contribution in [0.25, 0.3) is 67.7 Å². The van der Waals surface area contributed by atoms with Gasteiger partial charge in [0.2, 0.25) is 0 Å². The largest absolute Gasteiger partial charge is 0.744 e. The molecule has 0 fully saturated rings. The molecule has 0 spiro atoms. The van der Waals surface area contributed by atoms with Gasteiger partial charge in [-0.15, -0.1) is 0 Å². The van der Waals surface area contributed by atoms with Gasteiger partial charge in [-0.05, 0) is 108 Å². The van der Waals surface area contributed by atoms with Crippen LogP contribution >= 0.6 is 0 Å². The Morgan fingerprint density at radius 3 is 1.10 bits per heavy atom. The van der Waals surface area contributed by atoms with E-state index in [2.05, 4.69) is 9.97 Å². The molecule has 3 aliphatic heterocycles. The highest BCUT2D eigenvalue weighted by Crippen LogP contribution is 2.53. The Hall–Kier alpha value is -6.36. The molecule has 20 heteroatoms. The Labute approximate surface area is 392 Å². The number of H-pyrrole nitrogens is 2. The monoisotopic (exact) mass is 990 g/mol. The van der Waals surface area contributed by atoms with Crippen LogP contribution in [0.4, 0.5) is 0 Å². The molecule has 0 atom stereocenters. The minimum Gasteiger partial charge on any atom is -0.744 e. The fourth-order valence-corrected chi connectivity index (χ4v) is 10.8. The molecular formula is C48H38N4O12S4-4. The molecule has 0 saturated heterocycles. The van der Waals surface area contributed by atoms with Crippen LogP contribution in [-0.2, 0) is 64.1 Å². The molecule has 0 saturated carbocycles. The number of rotatable bonds is 8. The van der Waals surface area contributed by atoms with Crippen molar-refractivity contribution in [1.82, 2.24) is 19.9 Å². The van der Waals surface area contributed by atoms with E-state index in [0.29, 0.717) is 103 Å². The minimum absolute atomic E-state index is 0.367. The van der Waals surface area contributed by atoms with Crippen LogP contribution < -0.4 is 0 Å². The van der Waals surface area contributed by atoms with Crippen molar-refractivity contribution in [3.63, 3.8) is 0 Å². The van der Waals surface area contributed by atoms with Gasteiger partial charge in [0.25, 0.3) is 0 Å². The molecule has 0 aliphatic carbocycles. The Bertz CT molecular complexity index is 3800. The van der Waals surface area contributed by atoms with Crippen LogP contribution in [0.1, 0.15) is 61.9 Å². The summed E-state index contributed by atoms with van der Waals surface area (Å²) >= 11 is 0. The first-order valence-corrected chi connectivity index (χ1v) is 26.4. The number of aromatic amines is 2. The number of hydrogen-bond acceptors (Lipinski definition) is 14. The van der Waals surface area contributed by atoms with E-state index in [1.165, 1.54) is 97.1 Å². The van der Waals surface area contributed by atoms with Crippen molar-refractivity contribution >= 4 is 63.7 Å². The summed E-state index contributed by atoms with van der Waals surface area (Å²) in [6.07, 6.45) is 4.22. The van der Waals surface area contributed by atoms with Gasteiger partial charge in [-0.3, -0.25) is 4.98 Å². The van der Waals surface area contributed by atoms with Crippen molar-refractivity contribution in [1.29, 1.82) is 0 Å². The molecule has 6 aromatic rings. The van der Waals surface area contributed by atoms with Crippen molar-refractivity contribution in [3.05, 3.63) is 143 Å². The fraction of sp³-hybridized carbons (Fsp3) is 0.167. The molecule has 0 amide bonds. The number of hydrogen-bond donors (Lipinski definition) is 2. The summed E-state index contributed by atoms with van der Waals surface area (Å²) < 4.78 is 145. The second kappa shape index (κ2) is 16.1. The summed E-state index contributed by atoms with van der Waals surface area (Å²) in [5.74, 6) is 0. The van der Waals surface area contributed by atoms with Crippen molar-refractivity contribution in [2.75, 3.05) is 0 Å². The van der Waals surface area contributed by atoms with Crippen LogP contribution in [0, 0.1) is 0 Å². The first-order chi connectivity index (χ1) is 31.7. The second-order valence-corrected chi connectivity index (χ2v) is 23.1. The summed E-state index contributed by atoms with van der Waals surface area (Å²) in [5.41, 5.74) is 6.56. The highest BCUT2D eigenvalue weighted by Gasteiger charge is 2.49. The zero-order valence-electron chi connectivity index (χ0n) is 36.4. The predicted molar refractivity (Wildman–Crippen MR) is 248 cm³/mol. The van der Waals surface area contributed by atoms with Crippen molar-refractivity contribution < 1.29 is 51.9 Å². The van der Waals surface area contributed by atoms with Crippen LogP contribution in [0.2, 0.25) is 0 Å². The Kier molecular flexibility index (Phi) is 11.1. The quantitative estimate of drug-likeness (QED) is 0.139. The number of nitrogens with zero attached hydrogens (tertiary/aromatic N) is 2. The third kappa shape index (κ3) is 8.25. The third-order valence-corrected chi connectivity index (χ3v) is 16.5. The lowest BCUT2D eigenvalue weighted by atomic mass is 9.64. The van der Waals surface area contributed by atoms with Crippen molar-refractivity contribution in [2.45, 2.75) is 70.9 Å². The molecule has 9 rings (SSSR count). The molecule has 3 aliphatic rings. The maximum atomic E-state index is 12.1. The summed E-state index contributed by atoms with van der Waals surface area (Å²) in [5, 5.41) is 0. The summed E-state index contributed by atoms with van der Waals surface area (Å²) in [7, 11) is -19.3. The molecular weight excluding hydrogens is 953 g/mol. The van der Waals surface area contributed by atoms with Gasteiger partial charge in [0, 0.05) is 55.5 Å². The van der Waals surface area contributed by atoms with Crippen LogP contribution in [-0.4, -0.2) is 71.8 Å². The van der Waals surface area contributed by atoms with Gasteiger partial charge in [0.1, 0.15) is 40.5 Å². The summed E-state index contributed by atoms with van der Waals surface area (Å²) in [6.45, 7) is 8.01. The van der Waals surface area contributed by atoms with E-state index >= 15 is 0 Å². The molecule has 350 valence electrons. The summed E-state index contributed by atoms with van der Waals surface area (Å²) in [6, 6.07) is 25.3. The van der Waals surface area contributed by atoms with E-state index < -0.39 is 70.9 Å². The first-order valence-electron chi connectivity index (χ1n) is 20.8. The van der Waals surface area contributed by atoms with Gasteiger partial charge in [-0.1, -0.05) is 76.2 Å². The highest BCUT2D eigenvalue weighted by atomic mass is 32.2. The lowest BCUT2D eigenvalue weighted by molar-refractivity contribution is 0.323. The van der Waals surface area contributed by atoms with E-state index in [0.717, 1.165) is 0 Å². The zero-order valence-corrected chi connectivity index (χ0v) is 39.7. The normalized spacial score (nSPS) is 15.3. The lowest BCUT2D eigenvalue weighted by Gasteiger charge is -2.36. The van der Waals surface area contributed by atoms with E-state index in [1.54, 1.807) is 24.3 Å². The number of benzene rings is 4. The molecule has 2 aromatic heterocycles. The van der Waals surface area contributed by atoms with E-state index in [9.17, 15) is 51.9 Å². The van der Waals surface area contributed by atoms with Crippen LogP contribution in [0.15, 0.2) is 129 Å². The summed E-state index contributed by atoms with van der Waals surface area (Å²) in [4.78, 5) is 15.9. The number of aromatic nitrogens is 4. The van der Waals surface area contributed by atoms with Crippen LogP contribution in [0.5, 0.6) is 0 Å². The van der Waals surface area contributed by atoms with Gasteiger partial charge >= 0.3 is 0 Å². The second-order valence-electron chi connectivity index (χ2n) is 17.6. The smallest absolute Gasteiger partial charge is 0.124 e. The molecule has 68 heavy (non-hydrogen) atoms. The first kappa shape index (κ1) is 46.7. The molecule has 0 unspecified atom stereocenters. The van der Waals surface area contributed by atoms with Gasteiger partial charge in [0.15, 0.2) is 0 Å². The minimum atomic E-state index is -4.83. The molecule has 5 heterocycles. The zero-order chi connectivity index (χ0) is 48.9. The van der Waals surface area contributed by atoms with Gasteiger partial charge in [-0.2, -0.15) is 0 Å². The lowest BCUT2D eigenvalue weighted by Crippen LogP contribution is -2.36. The van der Waals surface area contributed by atoms with Gasteiger partial charge in [-0.25, -0.2) is 38.7 Å². The predicted octanol–water partition coefficient (Wildman–Crippen LogP) is 7.53. The average Bonchev–Trinajstić information content (AvgIpc) is 4.08. The number of fused-ring (bicyclic) bond motifs is 8. The maximum absolute atomic E-state index is 12.1. The molecule has 2 N–H and O–H groups in total. The van der Waals surface area contributed by atoms with Gasteiger partial charge < -0.3 is 28.2 Å². The average molecular weight is 991 g/mol.